The van der Waals surface area contributed by atoms with E-state index in [-0.39, 0.29) is 12.1 Å². The molecule has 0 aromatic carbocycles. The van der Waals surface area contributed by atoms with Crippen LogP contribution in [0.15, 0.2) is 0 Å². The van der Waals surface area contributed by atoms with Gasteiger partial charge in [-0.25, -0.2) is 0 Å². The van der Waals surface area contributed by atoms with Crippen molar-refractivity contribution in [3.8, 4) is 0 Å². The number of hydrogen-bond donors (Lipinski definition) is 1. The summed E-state index contributed by atoms with van der Waals surface area (Å²) in [6, 6.07) is 0.317. The monoisotopic (exact) mass is 227 g/mol. The van der Waals surface area contributed by atoms with Crippen molar-refractivity contribution in [2.75, 3.05) is 27.2 Å². The van der Waals surface area contributed by atoms with Crippen molar-refractivity contribution in [3.05, 3.63) is 0 Å². The van der Waals surface area contributed by atoms with Gasteiger partial charge >= 0.3 is 0 Å². The number of nitrogens with one attached hydrogen (secondary N) is 1. The van der Waals surface area contributed by atoms with Gasteiger partial charge in [-0.1, -0.05) is 13.8 Å². The smallest absolute Gasteiger partial charge is 0.238 e. The van der Waals surface area contributed by atoms with Crippen molar-refractivity contribution < 1.29 is 4.79 Å². The number of rotatable bonds is 5. The molecule has 1 fully saturated rings. The van der Waals surface area contributed by atoms with E-state index in [4.69, 9.17) is 0 Å². The first-order chi connectivity index (χ1) is 7.43. The van der Waals surface area contributed by atoms with Crippen LogP contribution in [0.1, 0.15) is 27.2 Å². The first-order valence-electron chi connectivity index (χ1n) is 6.12. The predicted octanol–water partition coefficient (Wildman–Crippen LogP) is 0.741. The van der Waals surface area contributed by atoms with E-state index in [1.54, 1.807) is 0 Å². The Balaban J connectivity index is 2.57. The Morgan fingerprint density at radius 3 is 2.56 bits per heavy atom. The molecule has 0 aliphatic carbocycles. The lowest BCUT2D eigenvalue weighted by molar-refractivity contribution is -0.130. The lowest BCUT2D eigenvalue weighted by atomic mass is 10.1. The summed E-state index contributed by atoms with van der Waals surface area (Å²) in [5.74, 6) is 0.707. The molecule has 1 rings (SSSR count). The molecule has 1 heterocycles. The summed E-state index contributed by atoms with van der Waals surface area (Å²) in [6.45, 7) is 7.97. The van der Waals surface area contributed by atoms with Gasteiger partial charge in [0.05, 0.1) is 12.7 Å². The molecular formula is C12H25N3O. The van der Waals surface area contributed by atoms with Gasteiger partial charge in [-0.15, -0.1) is 0 Å². The van der Waals surface area contributed by atoms with Gasteiger partial charge in [-0.3, -0.25) is 10.1 Å². The van der Waals surface area contributed by atoms with Gasteiger partial charge in [0.25, 0.3) is 0 Å². The molecule has 1 N–H and O–H groups in total. The van der Waals surface area contributed by atoms with E-state index in [1.165, 1.54) is 0 Å². The standard InChI is InChI=1S/C12H25N3O/c1-9(2)12-13-8-11(16)15(12)10(3)6-7-14(4)5/h9-10,12-13H,6-8H2,1-5H3. The van der Waals surface area contributed by atoms with E-state index < -0.39 is 0 Å². The second kappa shape index (κ2) is 5.64. The van der Waals surface area contributed by atoms with Crippen LogP contribution in [0.25, 0.3) is 0 Å². The largest absolute Gasteiger partial charge is 0.323 e. The van der Waals surface area contributed by atoms with Gasteiger partial charge in [0.15, 0.2) is 0 Å². The third kappa shape index (κ3) is 3.19. The van der Waals surface area contributed by atoms with Crippen molar-refractivity contribution in [1.82, 2.24) is 15.1 Å². The molecule has 0 saturated carbocycles. The van der Waals surface area contributed by atoms with Gasteiger partial charge in [-0.2, -0.15) is 0 Å². The van der Waals surface area contributed by atoms with E-state index >= 15 is 0 Å². The predicted molar refractivity (Wildman–Crippen MR) is 66.1 cm³/mol. The van der Waals surface area contributed by atoms with Crippen LogP contribution in [0.5, 0.6) is 0 Å². The van der Waals surface area contributed by atoms with E-state index in [9.17, 15) is 4.79 Å². The van der Waals surface area contributed by atoms with Gasteiger partial charge in [-0.05, 0) is 39.9 Å². The van der Waals surface area contributed by atoms with E-state index in [0.717, 1.165) is 13.0 Å². The molecule has 2 atom stereocenters. The Hall–Kier alpha value is -0.610. The van der Waals surface area contributed by atoms with Crippen LogP contribution in [-0.4, -0.2) is 55.1 Å². The maximum atomic E-state index is 11.8. The maximum absolute atomic E-state index is 11.8. The van der Waals surface area contributed by atoms with Crippen molar-refractivity contribution >= 4 is 5.91 Å². The Labute approximate surface area is 99.0 Å². The van der Waals surface area contributed by atoms with Crippen LogP contribution >= 0.6 is 0 Å². The Morgan fingerprint density at radius 2 is 2.06 bits per heavy atom. The average Bonchev–Trinajstić information content (AvgIpc) is 2.56. The summed E-state index contributed by atoms with van der Waals surface area (Å²) in [7, 11) is 4.13. The molecule has 1 saturated heterocycles. The summed E-state index contributed by atoms with van der Waals surface area (Å²) < 4.78 is 0. The molecule has 16 heavy (non-hydrogen) atoms. The Bertz CT molecular complexity index is 240. The lowest BCUT2D eigenvalue weighted by Gasteiger charge is -2.33. The minimum Gasteiger partial charge on any atom is -0.323 e. The van der Waals surface area contributed by atoms with Crippen LogP contribution in [-0.2, 0) is 4.79 Å². The summed E-state index contributed by atoms with van der Waals surface area (Å²) in [5, 5.41) is 3.29. The molecular weight excluding hydrogens is 202 g/mol. The fourth-order valence-corrected chi connectivity index (χ4v) is 2.20. The first-order valence-corrected chi connectivity index (χ1v) is 6.12. The zero-order valence-electron chi connectivity index (χ0n) is 11.2. The third-order valence-corrected chi connectivity index (χ3v) is 3.15. The fraction of sp³-hybridized carbons (Fsp3) is 0.917. The van der Waals surface area contributed by atoms with Crippen LogP contribution in [0.3, 0.4) is 0 Å². The van der Waals surface area contributed by atoms with Crippen LogP contribution < -0.4 is 5.32 Å². The van der Waals surface area contributed by atoms with Crippen molar-refractivity contribution in [2.45, 2.75) is 39.4 Å². The minimum absolute atomic E-state index is 0.213. The number of nitrogens with zero attached hydrogens (tertiary/aromatic N) is 2. The highest BCUT2D eigenvalue weighted by molar-refractivity contribution is 5.81. The lowest BCUT2D eigenvalue weighted by Crippen LogP contribution is -2.47. The highest BCUT2D eigenvalue weighted by atomic mass is 16.2. The third-order valence-electron chi connectivity index (χ3n) is 3.15. The number of hydrogen-bond acceptors (Lipinski definition) is 3. The Morgan fingerprint density at radius 1 is 1.44 bits per heavy atom. The van der Waals surface area contributed by atoms with Crippen molar-refractivity contribution in [2.24, 2.45) is 5.92 Å². The highest BCUT2D eigenvalue weighted by Crippen LogP contribution is 2.18. The van der Waals surface area contributed by atoms with Crippen molar-refractivity contribution in [3.63, 3.8) is 0 Å². The summed E-state index contributed by atoms with van der Waals surface area (Å²) >= 11 is 0. The summed E-state index contributed by atoms with van der Waals surface area (Å²) in [4.78, 5) is 16.0. The van der Waals surface area contributed by atoms with E-state index in [0.29, 0.717) is 18.5 Å². The number of amides is 1. The summed E-state index contributed by atoms with van der Waals surface area (Å²) in [6.07, 6.45) is 1.24. The van der Waals surface area contributed by atoms with Crippen molar-refractivity contribution in [1.29, 1.82) is 0 Å². The SMILES string of the molecule is CC(C)C1NCC(=O)N1C(C)CCN(C)C. The average molecular weight is 227 g/mol. The molecule has 0 radical (unpaired) electrons. The van der Waals surface area contributed by atoms with E-state index in [2.05, 4.69) is 45.1 Å². The molecule has 0 spiro atoms. The van der Waals surface area contributed by atoms with Crippen LogP contribution in [0.2, 0.25) is 0 Å². The number of carbonyl (C=O) groups excluding carboxylic acids is 1. The van der Waals surface area contributed by atoms with Crippen LogP contribution in [0.4, 0.5) is 0 Å². The second-order valence-electron chi connectivity index (χ2n) is 5.31. The molecule has 0 aromatic rings. The quantitative estimate of drug-likeness (QED) is 0.752. The zero-order chi connectivity index (χ0) is 12.3. The zero-order valence-corrected chi connectivity index (χ0v) is 11.2. The molecule has 94 valence electrons. The van der Waals surface area contributed by atoms with Gasteiger partial charge < -0.3 is 9.80 Å². The molecule has 4 heteroatoms. The highest BCUT2D eigenvalue weighted by Gasteiger charge is 2.35. The molecule has 4 nitrogen and oxygen atoms in total. The van der Waals surface area contributed by atoms with Gasteiger partial charge in [0, 0.05) is 6.04 Å². The second-order valence-corrected chi connectivity index (χ2v) is 5.31. The molecule has 1 aliphatic heterocycles. The van der Waals surface area contributed by atoms with Gasteiger partial charge in [0.2, 0.25) is 5.91 Å². The normalized spacial score (nSPS) is 23.6. The summed E-state index contributed by atoms with van der Waals surface area (Å²) in [5.41, 5.74) is 0. The van der Waals surface area contributed by atoms with Crippen LogP contribution in [0, 0.1) is 5.92 Å². The van der Waals surface area contributed by atoms with E-state index in [1.807, 2.05) is 4.90 Å². The molecule has 2 unspecified atom stereocenters. The fourth-order valence-electron chi connectivity index (χ4n) is 2.20. The molecule has 1 amide bonds. The molecule has 0 aromatic heterocycles. The maximum Gasteiger partial charge on any atom is 0.238 e. The Kier molecular flexibility index (Phi) is 4.74. The first kappa shape index (κ1) is 13.5. The van der Waals surface area contributed by atoms with Gasteiger partial charge in [0.1, 0.15) is 0 Å². The topological polar surface area (TPSA) is 35.6 Å². The molecule has 0 bridgehead atoms. The number of carbonyl (C=O) groups is 1. The minimum atomic E-state index is 0.213. The molecule has 1 aliphatic rings.